The first-order valence-electron chi connectivity index (χ1n) is 8.80. The lowest BCUT2D eigenvalue weighted by molar-refractivity contribution is -0.384. The quantitative estimate of drug-likeness (QED) is 0.287. The van der Waals surface area contributed by atoms with Crippen molar-refractivity contribution < 1.29 is 14.1 Å². The number of benzene rings is 2. The van der Waals surface area contributed by atoms with Crippen LogP contribution in [-0.4, -0.2) is 10.8 Å². The second kappa shape index (κ2) is 8.67. The van der Waals surface area contributed by atoms with Crippen LogP contribution in [0.4, 0.5) is 5.69 Å². The minimum atomic E-state index is -0.517. The molecular formula is C22H17N3O4. The molecule has 1 heterocycles. The van der Waals surface area contributed by atoms with Crippen LogP contribution in [0.5, 0.6) is 0 Å². The summed E-state index contributed by atoms with van der Waals surface area (Å²) < 4.78 is 5.65. The van der Waals surface area contributed by atoms with Gasteiger partial charge >= 0.3 is 0 Å². The number of carbonyl (C=O) groups excluding carboxylic acids is 1. The van der Waals surface area contributed by atoms with Crippen molar-refractivity contribution in [1.82, 2.24) is 5.32 Å². The largest absolute Gasteiger partial charge is 0.457 e. The Morgan fingerprint density at radius 1 is 1.17 bits per heavy atom. The van der Waals surface area contributed by atoms with Crippen LogP contribution in [0.25, 0.3) is 17.4 Å². The summed E-state index contributed by atoms with van der Waals surface area (Å²) in [7, 11) is 0. The highest BCUT2D eigenvalue weighted by molar-refractivity contribution is 6.01. The Hall–Kier alpha value is -4.18. The Morgan fingerprint density at radius 2 is 1.93 bits per heavy atom. The Balaban J connectivity index is 1.78. The molecule has 144 valence electrons. The van der Waals surface area contributed by atoms with Gasteiger partial charge in [0.15, 0.2) is 0 Å². The number of rotatable bonds is 6. The van der Waals surface area contributed by atoms with E-state index in [0.29, 0.717) is 17.1 Å². The van der Waals surface area contributed by atoms with E-state index in [1.165, 1.54) is 18.2 Å². The molecule has 29 heavy (non-hydrogen) atoms. The highest BCUT2D eigenvalue weighted by Gasteiger charge is 2.15. The summed E-state index contributed by atoms with van der Waals surface area (Å²) in [6.07, 6.45) is 1.34. The molecule has 7 nitrogen and oxygen atoms in total. The van der Waals surface area contributed by atoms with Gasteiger partial charge in [-0.2, -0.15) is 5.26 Å². The average Bonchev–Trinajstić information content (AvgIpc) is 3.21. The first kappa shape index (κ1) is 19.6. The maximum Gasteiger partial charge on any atom is 0.270 e. The van der Waals surface area contributed by atoms with E-state index in [2.05, 4.69) is 5.32 Å². The van der Waals surface area contributed by atoms with Crippen molar-refractivity contribution in [2.24, 2.45) is 0 Å². The summed E-state index contributed by atoms with van der Waals surface area (Å²) in [4.78, 5) is 22.9. The van der Waals surface area contributed by atoms with Gasteiger partial charge in [0, 0.05) is 23.8 Å². The van der Waals surface area contributed by atoms with Gasteiger partial charge in [-0.3, -0.25) is 14.9 Å². The van der Waals surface area contributed by atoms with E-state index in [1.807, 2.05) is 43.3 Å². The number of nitrogens with zero attached hydrogens (tertiary/aromatic N) is 2. The smallest absolute Gasteiger partial charge is 0.270 e. The second-order valence-electron chi connectivity index (χ2n) is 6.29. The molecule has 0 aliphatic carbocycles. The molecule has 1 atom stereocenters. The zero-order valence-corrected chi connectivity index (χ0v) is 15.5. The van der Waals surface area contributed by atoms with E-state index in [1.54, 1.807) is 24.3 Å². The van der Waals surface area contributed by atoms with Gasteiger partial charge in [-0.1, -0.05) is 42.5 Å². The van der Waals surface area contributed by atoms with E-state index < -0.39 is 10.8 Å². The number of furan rings is 1. The van der Waals surface area contributed by atoms with Gasteiger partial charge in [0.25, 0.3) is 11.6 Å². The highest BCUT2D eigenvalue weighted by Crippen LogP contribution is 2.26. The molecule has 0 unspecified atom stereocenters. The summed E-state index contributed by atoms with van der Waals surface area (Å²) in [6, 6.07) is 20.3. The summed E-state index contributed by atoms with van der Waals surface area (Å²) in [6.45, 7) is 1.83. The lowest BCUT2D eigenvalue weighted by Gasteiger charge is -2.13. The molecule has 0 saturated carbocycles. The van der Waals surface area contributed by atoms with Crippen LogP contribution in [0, 0.1) is 21.4 Å². The third kappa shape index (κ3) is 4.76. The number of hydrogen-bond donors (Lipinski definition) is 1. The van der Waals surface area contributed by atoms with Crippen molar-refractivity contribution in [1.29, 1.82) is 5.26 Å². The normalized spacial score (nSPS) is 12.1. The van der Waals surface area contributed by atoms with E-state index in [-0.39, 0.29) is 17.3 Å². The van der Waals surface area contributed by atoms with Crippen molar-refractivity contribution >= 4 is 17.7 Å². The van der Waals surface area contributed by atoms with Crippen LogP contribution >= 0.6 is 0 Å². The van der Waals surface area contributed by atoms with E-state index in [9.17, 15) is 20.2 Å². The average molecular weight is 387 g/mol. The third-order valence-corrected chi connectivity index (χ3v) is 4.27. The van der Waals surface area contributed by atoms with Crippen molar-refractivity contribution in [3.8, 4) is 17.4 Å². The molecule has 0 saturated heterocycles. The maximum absolute atomic E-state index is 12.4. The Morgan fingerprint density at radius 3 is 2.62 bits per heavy atom. The SMILES string of the molecule is C[C@H](NC(=O)/C(C#N)=C/c1ccc(-c2cccc([N+](=O)[O-])c2)o1)c1ccccc1. The molecule has 3 aromatic rings. The number of nitriles is 1. The van der Waals surface area contributed by atoms with Crippen molar-refractivity contribution in [2.75, 3.05) is 0 Å². The molecule has 1 N–H and O–H groups in total. The molecule has 1 amide bonds. The zero-order valence-electron chi connectivity index (χ0n) is 15.5. The monoisotopic (exact) mass is 387 g/mol. The predicted molar refractivity (Wildman–Crippen MR) is 107 cm³/mol. The molecule has 0 radical (unpaired) electrons. The lowest BCUT2D eigenvalue weighted by atomic mass is 10.1. The van der Waals surface area contributed by atoms with E-state index >= 15 is 0 Å². The van der Waals surface area contributed by atoms with E-state index in [0.717, 1.165) is 5.56 Å². The van der Waals surface area contributed by atoms with Gasteiger partial charge in [0.1, 0.15) is 23.2 Å². The van der Waals surface area contributed by atoms with Crippen LogP contribution in [0.15, 0.2) is 76.7 Å². The molecule has 0 spiro atoms. The molecular weight excluding hydrogens is 370 g/mol. The van der Waals surface area contributed by atoms with Crippen LogP contribution in [0.3, 0.4) is 0 Å². The predicted octanol–water partition coefficient (Wildman–Crippen LogP) is 4.64. The van der Waals surface area contributed by atoms with Gasteiger partial charge in [0.05, 0.1) is 11.0 Å². The molecule has 3 rings (SSSR count). The standard InChI is InChI=1S/C22H17N3O4/c1-15(16-6-3-2-4-7-16)24-22(26)18(14-23)13-20-10-11-21(29-20)17-8-5-9-19(12-17)25(27)28/h2-13,15H,1H3,(H,24,26)/b18-13+/t15-/m0/s1. The zero-order chi connectivity index (χ0) is 20.8. The molecule has 7 heteroatoms. The number of amides is 1. The second-order valence-corrected chi connectivity index (χ2v) is 6.29. The minimum absolute atomic E-state index is 0.0528. The Bertz CT molecular complexity index is 1110. The van der Waals surface area contributed by atoms with Gasteiger partial charge in [-0.05, 0) is 24.6 Å². The topological polar surface area (TPSA) is 109 Å². The molecule has 0 aliphatic heterocycles. The molecule has 0 aliphatic rings. The first-order chi connectivity index (χ1) is 14.0. The van der Waals surface area contributed by atoms with Crippen LogP contribution < -0.4 is 5.32 Å². The van der Waals surface area contributed by atoms with Gasteiger partial charge in [-0.25, -0.2) is 0 Å². The number of nitro benzene ring substituents is 1. The summed E-state index contributed by atoms with van der Waals surface area (Å²) >= 11 is 0. The van der Waals surface area contributed by atoms with Crippen molar-refractivity contribution in [3.05, 3.63) is 93.7 Å². The lowest BCUT2D eigenvalue weighted by Crippen LogP contribution is -2.27. The van der Waals surface area contributed by atoms with Gasteiger partial charge < -0.3 is 9.73 Å². The molecule has 2 aromatic carbocycles. The number of non-ortho nitro benzene ring substituents is 1. The van der Waals surface area contributed by atoms with Gasteiger partial charge in [-0.15, -0.1) is 0 Å². The van der Waals surface area contributed by atoms with Crippen LogP contribution in [0.1, 0.15) is 24.3 Å². The summed E-state index contributed by atoms with van der Waals surface area (Å²) in [5.41, 5.74) is 1.29. The Labute approximate surface area is 167 Å². The highest BCUT2D eigenvalue weighted by atomic mass is 16.6. The molecule has 0 bridgehead atoms. The first-order valence-corrected chi connectivity index (χ1v) is 8.80. The van der Waals surface area contributed by atoms with Crippen LogP contribution in [-0.2, 0) is 4.79 Å². The minimum Gasteiger partial charge on any atom is -0.457 e. The van der Waals surface area contributed by atoms with Crippen molar-refractivity contribution in [3.63, 3.8) is 0 Å². The fourth-order valence-electron chi connectivity index (χ4n) is 2.75. The van der Waals surface area contributed by atoms with Crippen molar-refractivity contribution in [2.45, 2.75) is 13.0 Å². The number of carbonyl (C=O) groups is 1. The summed E-state index contributed by atoms with van der Waals surface area (Å²) in [5.74, 6) is 0.179. The fraction of sp³-hybridized carbons (Fsp3) is 0.0909. The fourth-order valence-corrected chi connectivity index (χ4v) is 2.75. The van der Waals surface area contributed by atoms with E-state index in [4.69, 9.17) is 4.42 Å². The van der Waals surface area contributed by atoms with Crippen LogP contribution in [0.2, 0.25) is 0 Å². The summed E-state index contributed by atoms with van der Waals surface area (Å²) in [5, 5.41) is 23.1. The maximum atomic E-state index is 12.4. The molecule has 1 aromatic heterocycles. The molecule has 0 fully saturated rings. The Kier molecular flexibility index (Phi) is 5.85. The number of nitro groups is 1. The number of hydrogen-bond acceptors (Lipinski definition) is 5. The number of nitrogens with one attached hydrogen (secondary N) is 1. The third-order valence-electron chi connectivity index (χ3n) is 4.27. The van der Waals surface area contributed by atoms with Gasteiger partial charge in [0.2, 0.25) is 0 Å².